The van der Waals surface area contributed by atoms with Crippen molar-refractivity contribution in [3.05, 3.63) is 71.3 Å². The molecule has 2 aromatic carbocycles. The first-order valence-corrected chi connectivity index (χ1v) is 9.39. The first-order chi connectivity index (χ1) is 12.4. The lowest BCUT2D eigenvalue weighted by Crippen LogP contribution is -2.42. The van der Waals surface area contributed by atoms with Crippen molar-refractivity contribution in [1.82, 2.24) is 4.90 Å². The van der Waals surface area contributed by atoms with E-state index < -0.39 is 5.60 Å². The monoisotopic (exact) mass is 359 g/mol. The predicted molar refractivity (Wildman–Crippen MR) is 100 cm³/mol. The second-order valence-electron chi connectivity index (χ2n) is 7.64. The SMILES string of the molecule is CC1(O)CCN(CCCC(c2ccc(F)cc2)c2ccc(F)cc2)CC1. The number of aliphatic hydroxyl groups is 1. The van der Waals surface area contributed by atoms with Gasteiger partial charge in [0, 0.05) is 19.0 Å². The van der Waals surface area contributed by atoms with Crippen LogP contribution in [0.5, 0.6) is 0 Å². The number of hydrogen-bond acceptors (Lipinski definition) is 2. The third-order valence-corrected chi connectivity index (χ3v) is 5.45. The van der Waals surface area contributed by atoms with E-state index in [0.717, 1.165) is 56.4 Å². The summed E-state index contributed by atoms with van der Waals surface area (Å²) in [5, 5.41) is 10.1. The lowest BCUT2D eigenvalue weighted by molar-refractivity contribution is -0.00556. The van der Waals surface area contributed by atoms with E-state index in [2.05, 4.69) is 4.90 Å². The smallest absolute Gasteiger partial charge is 0.123 e. The van der Waals surface area contributed by atoms with Gasteiger partial charge in [0.15, 0.2) is 0 Å². The Balaban J connectivity index is 1.64. The molecular formula is C22H27F2NO. The van der Waals surface area contributed by atoms with Crippen LogP contribution in [0.3, 0.4) is 0 Å². The number of benzene rings is 2. The molecule has 1 aliphatic heterocycles. The molecule has 0 radical (unpaired) electrons. The third kappa shape index (κ3) is 5.12. The fraction of sp³-hybridized carbons (Fsp3) is 0.455. The van der Waals surface area contributed by atoms with Gasteiger partial charge >= 0.3 is 0 Å². The molecule has 0 aliphatic carbocycles. The zero-order chi connectivity index (χ0) is 18.6. The van der Waals surface area contributed by atoms with E-state index in [9.17, 15) is 13.9 Å². The number of halogens is 2. The van der Waals surface area contributed by atoms with Gasteiger partial charge in [-0.25, -0.2) is 8.78 Å². The van der Waals surface area contributed by atoms with Crippen LogP contribution in [0.2, 0.25) is 0 Å². The summed E-state index contributed by atoms with van der Waals surface area (Å²) in [6.45, 7) is 4.73. The summed E-state index contributed by atoms with van der Waals surface area (Å²) in [6, 6.07) is 13.2. The second kappa shape index (κ2) is 8.28. The Labute approximate surface area is 154 Å². The summed E-state index contributed by atoms with van der Waals surface area (Å²) in [7, 11) is 0. The van der Waals surface area contributed by atoms with E-state index in [-0.39, 0.29) is 17.6 Å². The van der Waals surface area contributed by atoms with Gasteiger partial charge in [-0.15, -0.1) is 0 Å². The van der Waals surface area contributed by atoms with E-state index in [4.69, 9.17) is 0 Å². The first-order valence-electron chi connectivity index (χ1n) is 9.39. The van der Waals surface area contributed by atoms with Gasteiger partial charge in [-0.2, -0.15) is 0 Å². The largest absolute Gasteiger partial charge is 0.390 e. The molecule has 2 nitrogen and oxygen atoms in total. The molecule has 1 fully saturated rings. The lowest BCUT2D eigenvalue weighted by atomic mass is 9.87. The summed E-state index contributed by atoms with van der Waals surface area (Å²) in [6.07, 6.45) is 3.55. The summed E-state index contributed by atoms with van der Waals surface area (Å²) in [4.78, 5) is 2.39. The third-order valence-electron chi connectivity index (χ3n) is 5.45. The van der Waals surface area contributed by atoms with Crippen LogP contribution >= 0.6 is 0 Å². The average Bonchev–Trinajstić information content (AvgIpc) is 2.62. The minimum absolute atomic E-state index is 0.129. The minimum Gasteiger partial charge on any atom is -0.390 e. The molecule has 1 heterocycles. The molecule has 3 rings (SSSR count). The molecule has 0 saturated carbocycles. The van der Waals surface area contributed by atoms with Crippen molar-refractivity contribution in [2.45, 2.75) is 44.1 Å². The van der Waals surface area contributed by atoms with Gasteiger partial charge in [-0.3, -0.25) is 0 Å². The molecule has 1 saturated heterocycles. The summed E-state index contributed by atoms with van der Waals surface area (Å²) < 4.78 is 26.6. The number of piperidine rings is 1. The minimum atomic E-state index is -0.527. The Hall–Kier alpha value is -1.78. The molecular weight excluding hydrogens is 332 g/mol. The lowest BCUT2D eigenvalue weighted by Gasteiger charge is -2.36. The van der Waals surface area contributed by atoms with Gasteiger partial charge in [0.2, 0.25) is 0 Å². The van der Waals surface area contributed by atoms with Crippen LogP contribution in [-0.2, 0) is 0 Å². The standard InChI is InChI=1S/C22H27F2NO/c1-22(26)12-15-25(16-13-22)14-2-3-21(17-4-8-19(23)9-5-17)18-6-10-20(24)11-7-18/h4-11,21,26H,2-3,12-16H2,1H3. The van der Waals surface area contributed by atoms with Crippen molar-refractivity contribution in [2.24, 2.45) is 0 Å². The number of nitrogens with zero attached hydrogens (tertiary/aromatic N) is 1. The number of hydrogen-bond donors (Lipinski definition) is 1. The summed E-state index contributed by atoms with van der Waals surface area (Å²) in [5.41, 5.74) is 1.58. The van der Waals surface area contributed by atoms with Gasteiger partial charge in [-0.05, 0) is 74.5 Å². The van der Waals surface area contributed by atoms with Crippen molar-refractivity contribution >= 4 is 0 Å². The van der Waals surface area contributed by atoms with E-state index in [0.29, 0.717) is 0 Å². The van der Waals surface area contributed by atoms with Crippen molar-refractivity contribution in [3.8, 4) is 0 Å². The summed E-state index contributed by atoms with van der Waals surface area (Å²) >= 11 is 0. The fourth-order valence-electron chi connectivity index (χ4n) is 3.69. The molecule has 26 heavy (non-hydrogen) atoms. The average molecular weight is 359 g/mol. The highest BCUT2D eigenvalue weighted by molar-refractivity contribution is 5.32. The van der Waals surface area contributed by atoms with E-state index in [1.807, 2.05) is 31.2 Å². The van der Waals surface area contributed by atoms with Crippen LogP contribution < -0.4 is 0 Å². The zero-order valence-electron chi connectivity index (χ0n) is 15.3. The van der Waals surface area contributed by atoms with Crippen LogP contribution in [0.4, 0.5) is 8.78 Å². The molecule has 140 valence electrons. The predicted octanol–water partition coefficient (Wildman–Crippen LogP) is 4.72. The molecule has 0 bridgehead atoms. The normalized spacial score (nSPS) is 17.6. The van der Waals surface area contributed by atoms with Crippen LogP contribution in [0.25, 0.3) is 0 Å². The maximum absolute atomic E-state index is 13.3. The van der Waals surface area contributed by atoms with Gasteiger partial charge < -0.3 is 10.0 Å². The Morgan fingerprint density at radius 1 is 0.923 bits per heavy atom. The van der Waals surface area contributed by atoms with E-state index in [1.165, 1.54) is 24.3 Å². The van der Waals surface area contributed by atoms with Gasteiger partial charge in [0.1, 0.15) is 11.6 Å². The molecule has 0 atom stereocenters. The number of likely N-dealkylation sites (tertiary alicyclic amines) is 1. The van der Waals surface area contributed by atoms with Crippen LogP contribution in [0.15, 0.2) is 48.5 Å². The molecule has 1 aliphatic rings. The van der Waals surface area contributed by atoms with Crippen molar-refractivity contribution in [1.29, 1.82) is 0 Å². The van der Waals surface area contributed by atoms with Crippen LogP contribution in [0.1, 0.15) is 49.7 Å². The van der Waals surface area contributed by atoms with E-state index >= 15 is 0 Å². The summed E-state index contributed by atoms with van der Waals surface area (Å²) in [5.74, 6) is -0.358. The molecule has 4 heteroatoms. The maximum Gasteiger partial charge on any atom is 0.123 e. The highest BCUT2D eigenvalue weighted by Gasteiger charge is 2.27. The van der Waals surface area contributed by atoms with Crippen molar-refractivity contribution in [3.63, 3.8) is 0 Å². The molecule has 0 spiro atoms. The Bertz CT molecular complexity index is 642. The highest BCUT2D eigenvalue weighted by atomic mass is 19.1. The molecule has 1 N–H and O–H groups in total. The molecule has 0 amide bonds. The van der Waals surface area contributed by atoms with Gasteiger partial charge in [0.25, 0.3) is 0 Å². The highest BCUT2D eigenvalue weighted by Crippen LogP contribution is 2.30. The van der Waals surface area contributed by atoms with Crippen LogP contribution in [-0.4, -0.2) is 35.2 Å². The second-order valence-corrected chi connectivity index (χ2v) is 7.64. The van der Waals surface area contributed by atoms with Crippen molar-refractivity contribution in [2.75, 3.05) is 19.6 Å². The Morgan fingerprint density at radius 2 is 1.38 bits per heavy atom. The van der Waals surface area contributed by atoms with Gasteiger partial charge in [-0.1, -0.05) is 24.3 Å². The van der Waals surface area contributed by atoms with E-state index in [1.54, 1.807) is 0 Å². The molecule has 0 unspecified atom stereocenters. The topological polar surface area (TPSA) is 23.5 Å². The Morgan fingerprint density at radius 3 is 1.85 bits per heavy atom. The molecule has 0 aromatic heterocycles. The Kier molecular flexibility index (Phi) is 6.05. The fourth-order valence-corrected chi connectivity index (χ4v) is 3.69. The van der Waals surface area contributed by atoms with Crippen LogP contribution in [0, 0.1) is 11.6 Å². The number of rotatable bonds is 6. The maximum atomic E-state index is 13.3. The van der Waals surface area contributed by atoms with Gasteiger partial charge in [0.05, 0.1) is 5.60 Å². The molecule has 2 aromatic rings. The first kappa shape index (κ1) is 19.0. The quantitative estimate of drug-likeness (QED) is 0.806. The zero-order valence-corrected chi connectivity index (χ0v) is 15.3. The van der Waals surface area contributed by atoms with Crippen molar-refractivity contribution < 1.29 is 13.9 Å².